The maximum atomic E-state index is 12.4. The molecule has 7 heteroatoms. The number of esters is 1. The fraction of sp³-hybridized carbons (Fsp3) is 0.286. The summed E-state index contributed by atoms with van der Waals surface area (Å²) in [6.45, 7) is 6.46. The smallest absolute Gasteiger partial charge is 0.338 e. The van der Waals surface area contributed by atoms with Crippen LogP contribution in [0.25, 0.3) is 5.65 Å². The lowest BCUT2D eigenvalue weighted by Gasteiger charge is -2.12. The van der Waals surface area contributed by atoms with Crippen LogP contribution >= 0.6 is 0 Å². The maximum Gasteiger partial charge on any atom is 0.338 e. The Kier molecular flexibility index (Phi) is 5.93. The van der Waals surface area contributed by atoms with E-state index in [9.17, 15) is 9.59 Å². The molecule has 3 aromatic rings. The first-order valence-corrected chi connectivity index (χ1v) is 9.07. The average molecular weight is 382 g/mol. The predicted molar refractivity (Wildman–Crippen MR) is 104 cm³/mol. The first kappa shape index (κ1) is 19.4. The second kappa shape index (κ2) is 8.56. The number of ether oxygens (including phenoxy) is 3. The number of nitrogens with zero attached hydrogens (tertiary/aromatic N) is 2. The van der Waals surface area contributed by atoms with Gasteiger partial charge in [0.1, 0.15) is 12.3 Å². The molecular formula is C21H22N2O5. The highest BCUT2D eigenvalue weighted by molar-refractivity contribution is 5.90. The number of hydrogen-bond donors (Lipinski definition) is 0. The van der Waals surface area contributed by atoms with Gasteiger partial charge in [0, 0.05) is 12.3 Å². The lowest BCUT2D eigenvalue weighted by atomic mass is 10.2. The standard InChI is InChI=1S/C21H22N2O5/c1-4-26-17-8-7-15(10-18(17)27-5-2)21(25)28-13-16-11-20(24)23-12-14(3)6-9-19(23)22-16/h6-12H,4-5,13H2,1-3H3. The molecule has 0 amide bonds. The van der Waals surface area contributed by atoms with Crippen molar-refractivity contribution in [2.75, 3.05) is 13.2 Å². The van der Waals surface area contributed by atoms with E-state index in [0.717, 1.165) is 5.56 Å². The Morgan fingerprint density at radius 2 is 1.79 bits per heavy atom. The van der Waals surface area contributed by atoms with Crippen LogP contribution in [0, 0.1) is 6.92 Å². The lowest BCUT2D eigenvalue weighted by Crippen LogP contribution is -2.17. The molecular weight excluding hydrogens is 360 g/mol. The molecule has 0 bridgehead atoms. The highest BCUT2D eigenvalue weighted by Gasteiger charge is 2.13. The number of hydrogen-bond acceptors (Lipinski definition) is 6. The summed E-state index contributed by atoms with van der Waals surface area (Å²) >= 11 is 0. The summed E-state index contributed by atoms with van der Waals surface area (Å²) in [5.41, 5.74) is 1.96. The van der Waals surface area contributed by atoms with Crippen molar-refractivity contribution in [2.24, 2.45) is 0 Å². The van der Waals surface area contributed by atoms with Crippen molar-refractivity contribution in [3.8, 4) is 11.5 Å². The van der Waals surface area contributed by atoms with Crippen LogP contribution < -0.4 is 15.0 Å². The molecule has 146 valence electrons. The van der Waals surface area contributed by atoms with Crippen molar-refractivity contribution in [2.45, 2.75) is 27.4 Å². The van der Waals surface area contributed by atoms with Crippen molar-refractivity contribution >= 4 is 11.6 Å². The molecule has 2 aromatic heterocycles. The normalized spacial score (nSPS) is 10.7. The van der Waals surface area contributed by atoms with Gasteiger partial charge in [-0.05, 0) is 50.6 Å². The molecule has 0 spiro atoms. The molecule has 0 unspecified atom stereocenters. The van der Waals surface area contributed by atoms with Gasteiger partial charge in [0.25, 0.3) is 5.56 Å². The van der Waals surface area contributed by atoms with Crippen molar-refractivity contribution in [1.29, 1.82) is 0 Å². The van der Waals surface area contributed by atoms with E-state index in [2.05, 4.69) is 4.98 Å². The van der Waals surface area contributed by atoms with Crippen LogP contribution in [0.3, 0.4) is 0 Å². The van der Waals surface area contributed by atoms with Gasteiger partial charge in [-0.25, -0.2) is 9.78 Å². The van der Waals surface area contributed by atoms with Crippen molar-refractivity contribution in [3.63, 3.8) is 0 Å². The van der Waals surface area contributed by atoms with Gasteiger partial charge in [0.15, 0.2) is 11.5 Å². The predicted octanol–water partition coefficient (Wildman–Crippen LogP) is 3.16. The van der Waals surface area contributed by atoms with Crippen LogP contribution in [0.4, 0.5) is 0 Å². The molecule has 0 saturated heterocycles. The third kappa shape index (κ3) is 4.31. The van der Waals surface area contributed by atoms with Gasteiger partial charge in [0.2, 0.25) is 0 Å². The first-order chi connectivity index (χ1) is 13.5. The number of rotatable bonds is 7. The zero-order chi connectivity index (χ0) is 20.1. The average Bonchev–Trinajstić information content (AvgIpc) is 2.68. The molecule has 28 heavy (non-hydrogen) atoms. The summed E-state index contributed by atoms with van der Waals surface area (Å²) in [5, 5.41) is 0. The largest absolute Gasteiger partial charge is 0.490 e. The third-order valence-corrected chi connectivity index (χ3v) is 3.99. The number of carbonyl (C=O) groups is 1. The Morgan fingerprint density at radius 3 is 2.54 bits per heavy atom. The minimum atomic E-state index is -0.532. The van der Waals surface area contributed by atoms with E-state index >= 15 is 0 Å². The quantitative estimate of drug-likeness (QED) is 0.584. The minimum absolute atomic E-state index is 0.102. The summed E-state index contributed by atoms with van der Waals surface area (Å²) in [4.78, 5) is 29.0. The molecule has 0 fully saturated rings. The van der Waals surface area contributed by atoms with Gasteiger partial charge < -0.3 is 14.2 Å². The molecule has 0 N–H and O–H groups in total. The molecule has 0 aliphatic heterocycles. The number of fused-ring (bicyclic) bond motifs is 1. The van der Waals surface area contributed by atoms with Gasteiger partial charge >= 0.3 is 5.97 Å². The summed E-state index contributed by atoms with van der Waals surface area (Å²) in [7, 11) is 0. The Morgan fingerprint density at radius 1 is 1.04 bits per heavy atom. The maximum absolute atomic E-state index is 12.4. The van der Waals surface area contributed by atoms with E-state index in [4.69, 9.17) is 14.2 Å². The zero-order valence-corrected chi connectivity index (χ0v) is 16.1. The Labute approximate surface area is 162 Å². The van der Waals surface area contributed by atoms with E-state index in [1.807, 2.05) is 26.8 Å². The van der Waals surface area contributed by atoms with Gasteiger partial charge in [-0.2, -0.15) is 0 Å². The van der Waals surface area contributed by atoms with E-state index < -0.39 is 5.97 Å². The molecule has 3 rings (SSSR count). The summed E-state index contributed by atoms with van der Waals surface area (Å²) in [6.07, 6.45) is 1.72. The van der Waals surface area contributed by atoms with E-state index in [1.54, 1.807) is 30.5 Å². The van der Waals surface area contributed by atoms with Crippen molar-refractivity contribution < 1.29 is 19.0 Å². The molecule has 0 atom stereocenters. The number of aryl methyl sites for hydroxylation is 1. The van der Waals surface area contributed by atoms with Gasteiger partial charge in [-0.15, -0.1) is 0 Å². The van der Waals surface area contributed by atoms with Crippen LogP contribution in [-0.4, -0.2) is 28.6 Å². The fourth-order valence-electron chi connectivity index (χ4n) is 2.73. The number of carbonyl (C=O) groups excluding carboxylic acids is 1. The molecule has 0 radical (unpaired) electrons. The molecule has 2 heterocycles. The summed E-state index contributed by atoms with van der Waals surface area (Å²) < 4.78 is 17.8. The monoisotopic (exact) mass is 382 g/mol. The van der Waals surface area contributed by atoms with Gasteiger partial charge in [0.05, 0.1) is 24.5 Å². The van der Waals surface area contributed by atoms with Crippen LogP contribution in [0.15, 0.2) is 47.4 Å². The fourth-order valence-corrected chi connectivity index (χ4v) is 2.73. The Bertz CT molecular complexity index is 1060. The third-order valence-electron chi connectivity index (χ3n) is 3.99. The summed E-state index contributed by atoms with van der Waals surface area (Å²) in [5.74, 6) is 0.520. The van der Waals surface area contributed by atoms with Crippen LogP contribution in [0.5, 0.6) is 11.5 Å². The molecule has 0 aliphatic carbocycles. The van der Waals surface area contributed by atoms with E-state index in [-0.39, 0.29) is 12.2 Å². The van der Waals surface area contributed by atoms with Crippen molar-refractivity contribution in [1.82, 2.24) is 9.38 Å². The van der Waals surface area contributed by atoms with Crippen LogP contribution in [-0.2, 0) is 11.3 Å². The van der Waals surface area contributed by atoms with E-state index in [1.165, 1.54) is 10.5 Å². The van der Waals surface area contributed by atoms with Crippen LogP contribution in [0.1, 0.15) is 35.5 Å². The molecule has 7 nitrogen and oxygen atoms in total. The Hall–Kier alpha value is -3.35. The van der Waals surface area contributed by atoms with Crippen molar-refractivity contribution in [3.05, 3.63) is 69.8 Å². The number of benzene rings is 1. The molecule has 1 aromatic carbocycles. The SMILES string of the molecule is CCOc1ccc(C(=O)OCc2cc(=O)n3cc(C)ccc3n2)cc1OCC. The zero-order valence-electron chi connectivity index (χ0n) is 16.1. The second-order valence-electron chi connectivity index (χ2n) is 6.12. The second-order valence-corrected chi connectivity index (χ2v) is 6.12. The van der Waals surface area contributed by atoms with Gasteiger partial charge in [-0.1, -0.05) is 6.07 Å². The summed E-state index contributed by atoms with van der Waals surface area (Å²) in [6, 6.07) is 9.86. The van der Waals surface area contributed by atoms with Gasteiger partial charge in [-0.3, -0.25) is 9.20 Å². The Balaban J connectivity index is 1.76. The van der Waals surface area contributed by atoms with Crippen LogP contribution in [0.2, 0.25) is 0 Å². The highest BCUT2D eigenvalue weighted by atomic mass is 16.5. The topological polar surface area (TPSA) is 79.1 Å². The number of aromatic nitrogens is 2. The lowest BCUT2D eigenvalue weighted by molar-refractivity contribution is 0.0467. The first-order valence-electron chi connectivity index (χ1n) is 9.07. The highest BCUT2D eigenvalue weighted by Crippen LogP contribution is 2.28. The molecule has 0 aliphatic rings. The molecule has 0 saturated carbocycles. The minimum Gasteiger partial charge on any atom is -0.490 e. The number of pyridine rings is 1. The van der Waals surface area contributed by atoms with E-state index in [0.29, 0.717) is 41.6 Å².